The number of carbonyl (C=O) groups is 1. The Kier molecular flexibility index (Phi) is 3.65. The van der Waals surface area contributed by atoms with Crippen LogP contribution in [0.15, 0.2) is 18.2 Å². The van der Waals surface area contributed by atoms with Gasteiger partial charge in [-0.15, -0.1) is 10.2 Å². The lowest BCUT2D eigenvalue weighted by Crippen LogP contribution is -2.36. The van der Waals surface area contributed by atoms with Crippen molar-refractivity contribution >= 4 is 26.8 Å². The molecule has 0 spiro atoms. The second kappa shape index (κ2) is 5.48. The van der Waals surface area contributed by atoms with Crippen LogP contribution in [0, 0.1) is 0 Å². The molecular formula is C13H14N4O4S. The van der Waals surface area contributed by atoms with Gasteiger partial charge in [0.05, 0.1) is 24.1 Å². The van der Waals surface area contributed by atoms with Gasteiger partial charge in [0.2, 0.25) is 5.82 Å². The maximum absolute atomic E-state index is 12.1. The maximum Gasteiger partial charge on any atom is 0.291 e. The van der Waals surface area contributed by atoms with Crippen molar-refractivity contribution in [2.24, 2.45) is 0 Å². The van der Waals surface area contributed by atoms with E-state index in [1.165, 1.54) is 7.11 Å². The molecule has 0 aliphatic carbocycles. The molecule has 1 aromatic heterocycles. The van der Waals surface area contributed by atoms with E-state index in [-0.39, 0.29) is 17.3 Å². The third-order valence-electron chi connectivity index (χ3n) is 3.43. The Morgan fingerprint density at radius 2 is 2.14 bits per heavy atom. The summed E-state index contributed by atoms with van der Waals surface area (Å²) in [6.45, 7) is 0. The number of hydrogen-bond donors (Lipinski definition) is 1. The van der Waals surface area contributed by atoms with E-state index in [9.17, 15) is 13.2 Å². The first-order valence-corrected chi connectivity index (χ1v) is 8.49. The molecule has 1 unspecified atom stereocenters. The normalized spacial score (nSPS) is 20.0. The summed E-state index contributed by atoms with van der Waals surface area (Å²) in [5, 5.41) is 10.3. The van der Waals surface area contributed by atoms with Crippen LogP contribution in [0.4, 0.5) is 0 Å². The summed E-state index contributed by atoms with van der Waals surface area (Å²) < 4.78 is 27.9. The van der Waals surface area contributed by atoms with Crippen molar-refractivity contribution in [2.45, 2.75) is 12.5 Å². The van der Waals surface area contributed by atoms with Gasteiger partial charge in [0.15, 0.2) is 9.84 Å². The molecule has 0 bridgehead atoms. The number of ether oxygens (including phenoxy) is 1. The summed E-state index contributed by atoms with van der Waals surface area (Å²) in [4.78, 5) is 16.3. The zero-order chi connectivity index (χ0) is 15.7. The van der Waals surface area contributed by atoms with Crippen LogP contribution >= 0.6 is 0 Å². The lowest BCUT2D eigenvalue weighted by molar-refractivity contribution is 0.0930. The summed E-state index contributed by atoms with van der Waals surface area (Å²) in [7, 11) is -1.52. The highest BCUT2D eigenvalue weighted by molar-refractivity contribution is 7.91. The van der Waals surface area contributed by atoms with Crippen LogP contribution in [0.1, 0.15) is 17.0 Å². The number of benzene rings is 1. The molecule has 1 saturated heterocycles. The van der Waals surface area contributed by atoms with Crippen LogP contribution in [-0.4, -0.2) is 54.2 Å². The molecule has 9 heteroatoms. The molecule has 1 aromatic carbocycles. The summed E-state index contributed by atoms with van der Waals surface area (Å²) >= 11 is 0. The Bertz CT molecular complexity index is 837. The molecule has 1 fully saturated rings. The number of nitrogens with zero attached hydrogens (tertiary/aromatic N) is 3. The van der Waals surface area contributed by atoms with E-state index in [1.54, 1.807) is 18.2 Å². The molecule has 1 amide bonds. The lowest BCUT2D eigenvalue weighted by atomic mass is 10.2. The van der Waals surface area contributed by atoms with Crippen LogP contribution < -0.4 is 10.1 Å². The highest BCUT2D eigenvalue weighted by Crippen LogP contribution is 2.17. The summed E-state index contributed by atoms with van der Waals surface area (Å²) in [5.74, 6) is 0.0186. The van der Waals surface area contributed by atoms with Crippen LogP contribution in [0.5, 0.6) is 5.75 Å². The average molecular weight is 322 g/mol. The van der Waals surface area contributed by atoms with Gasteiger partial charge in [0, 0.05) is 12.1 Å². The van der Waals surface area contributed by atoms with E-state index < -0.39 is 21.8 Å². The van der Waals surface area contributed by atoms with Crippen molar-refractivity contribution in [1.82, 2.24) is 20.5 Å². The molecule has 2 aromatic rings. The molecule has 1 aliphatic heterocycles. The van der Waals surface area contributed by atoms with Gasteiger partial charge in [0.25, 0.3) is 5.91 Å². The molecule has 0 saturated carbocycles. The summed E-state index contributed by atoms with van der Waals surface area (Å²) in [5.41, 5.74) is 1.03. The van der Waals surface area contributed by atoms with Crippen molar-refractivity contribution in [3.05, 3.63) is 24.0 Å². The fraction of sp³-hybridized carbons (Fsp3) is 0.385. The Balaban J connectivity index is 1.82. The molecule has 1 N–H and O–H groups in total. The number of fused-ring (bicyclic) bond motifs is 1. The first-order chi connectivity index (χ1) is 10.5. The zero-order valence-corrected chi connectivity index (χ0v) is 12.6. The smallest absolute Gasteiger partial charge is 0.291 e. The third-order valence-corrected chi connectivity index (χ3v) is 5.20. The second-order valence-electron chi connectivity index (χ2n) is 5.06. The van der Waals surface area contributed by atoms with E-state index in [1.807, 2.05) is 0 Å². The molecule has 1 aliphatic rings. The third kappa shape index (κ3) is 2.98. The van der Waals surface area contributed by atoms with Crippen molar-refractivity contribution in [2.75, 3.05) is 18.6 Å². The minimum atomic E-state index is -3.05. The monoisotopic (exact) mass is 322 g/mol. The quantitative estimate of drug-likeness (QED) is 0.843. The maximum atomic E-state index is 12.1. The zero-order valence-electron chi connectivity index (χ0n) is 11.8. The van der Waals surface area contributed by atoms with Crippen LogP contribution in [0.2, 0.25) is 0 Å². The van der Waals surface area contributed by atoms with Crippen LogP contribution in [-0.2, 0) is 9.84 Å². The van der Waals surface area contributed by atoms with Crippen molar-refractivity contribution in [3.8, 4) is 5.75 Å². The second-order valence-corrected chi connectivity index (χ2v) is 7.29. The predicted octanol–water partition coefficient (Wildman–Crippen LogP) is -0.0497. The van der Waals surface area contributed by atoms with E-state index in [4.69, 9.17) is 4.74 Å². The number of aromatic nitrogens is 3. The number of rotatable bonds is 3. The average Bonchev–Trinajstić information content (AvgIpc) is 2.84. The van der Waals surface area contributed by atoms with Crippen LogP contribution in [0.25, 0.3) is 11.0 Å². The standard InChI is InChI=1S/C13H14N4O4S/c1-21-9-2-3-10-11(6-9)15-12(17-16-10)13(18)14-8-4-5-22(19,20)7-8/h2-3,6,8H,4-5,7H2,1H3,(H,14,18). The van der Waals surface area contributed by atoms with Gasteiger partial charge in [-0.3, -0.25) is 4.79 Å². The van der Waals surface area contributed by atoms with Gasteiger partial charge in [-0.25, -0.2) is 13.4 Å². The fourth-order valence-electron chi connectivity index (χ4n) is 2.30. The van der Waals surface area contributed by atoms with Crippen molar-refractivity contribution in [1.29, 1.82) is 0 Å². The first kappa shape index (κ1) is 14.6. The highest BCUT2D eigenvalue weighted by atomic mass is 32.2. The molecule has 8 nitrogen and oxygen atoms in total. The molecular weight excluding hydrogens is 308 g/mol. The molecule has 22 heavy (non-hydrogen) atoms. The van der Waals surface area contributed by atoms with E-state index in [0.717, 1.165) is 0 Å². The largest absolute Gasteiger partial charge is 0.497 e. The van der Waals surface area contributed by atoms with Crippen LogP contribution in [0.3, 0.4) is 0 Å². The van der Waals surface area contributed by atoms with E-state index >= 15 is 0 Å². The topological polar surface area (TPSA) is 111 Å². The summed E-state index contributed by atoms with van der Waals surface area (Å²) in [6.07, 6.45) is 0.406. The molecule has 1 atom stereocenters. The molecule has 3 rings (SSSR count). The number of amides is 1. The number of hydrogen-bond acceptors (Lipinski definition) is 7. The van der Waals surface area contributed by atoms with Gasteiger partial charge >= 0.3 is 0 Å². The van der Waals surface area contributed by atoms with Gasteiger partial charge < -0.3 is 10.1 Å². The number of sulfone groups is 1. The van der Waals surface area contributed by atoms with Crippen molar-refractivity contribution in [3.63, 3.8) is 0 Å². The summed E-state index contributed by atoms with van der Waals surface area (Å²) in [6, 6.07) is 4.67. The van der Waals surface area contributed by atoms with Crippen molar-refractivity contribution < 1.29 is 17.9 Å². The Morgan fingerprint density at radius 1 is 1.32 bits per heavy atom. The Labute approximate surface area is 126 Å². The Hall–Kier alpha value is -2.29. The highest BCUT2D eigenvalue weighted by Gasteiger charge is 2.29. The van der Waals surface area contributed by atoms with Gasteiger partial charge in [0.1, 0.15) is 11.3 Å². The minimum Gasteiger partial charge on any atom is -0.497 e. The number of carbonyl (C=O) groups excluding carboxylic acids is 1. The predicted molar refractivity (Wildman–Crippen MR) is 78.4 cm³/mol. The lowest BCUT2D eigenvalue weighted by Gasteiger charge is -2.09. The number of nitrogens with one attached hydrogen (secondary N) is 1. The first-order valence-electron chi connectivity index (χ1n) is 6.66. The van der Waals surface area contributed by atoms with Gasteiger partial charge in [-0.05, 0) is 18.6 Å². The van der Waals surface area contributed by atoms with Gasteiger partial charge in [-0.1, -0.05) is 0 Å². The van der Waals surface area contributed by atoms with E-state index in [2.05, 4.69) is 20.5 Å². The minimum absolute atomic E-state index is 0.0480. The number of methoxy groups -OCH3 is 1. The van der Waals surface area contributed by atoms with E-state index in [0.29, 0.717) is 23.2 Å². The van der Waals surface area contributed by atoms with Gasteiger partial charge in [-0.2, -0.15) is 0 Å². The molecule has 116 valence electrons. The SMILES string of the molecule is COc1ccc2nnc(C(=O)NC3CCS(=O)(=O)C3)nc2c1. The Morgan fingerprint density at radius 3 is 2.82 bits per heavy atom. The molecule has 2 heterocycles. The fourth-order valence-corrected chi connectivity index (χ4v) is 3.97. The molecule has 0 radical (unpaired) electrons.